The van der Waals surface area contributed by atoms with Crippen LogP contribution in [0.3, 0.4) is 0 Å². The van der Waals surface area contributed by atoms with Gasteiger partial charge in [-0.05, 0) is 78.5 Å². The molecule has 2 heteroatoms. The van der Waals surface area contributed by atoms with Crippen molar-refractivity contribution in [1.29, 1.82) is 0 Å². The number of aryl methyl sites for hydroxylation is 3. The van der Waals surface area contributed by atoms with E-state index in [0.717, 1.165) is 12.8 Å². The van der Waals surface area contributed by atoms with E-state index in [2.05, 4.69) is 77.8 Å². The van der Waals surface area contributed by atoms with E-state index in [4.69, 9.17) is 4.74 Å². The average molecular weight is 410 g/mol. The van der Waals surface area contributed by atoms with Crippen molar-refractivity contribution in [2.45, 2.75) is 51.0 Å². The van der Waals surface area contributed by atoms with Gasteiger partial charge in [0.05, 0.1) is 6.61 Å². The van der Waals surface area contributed by atoms with Gasteiger partial charge in [0.15, 0.2) is 0 Å². The lowest BCUT2D eigenvalue weighted by molar-refractivity contribution is 0.185. The molecule has 1 unspecified atom stereocenters. The van der Waals surface area contributed by atoms with Gasteiger partial charge < -0.3 is 9.72 Å². The van der Waals surface area contributed by atoms with Crippen LogP contribution in [-0.2, 0) is 30.6 Å². The number of fused-ring (bicyclic) bond motifs is 3. The Morgan fingerprint density at radius 3 is 2.45 bits per heavy atom. The number of aromatic nitrogens is 1. The molecule has 1 N–H and O–H groups in total. The molecule has 1 heterocycles. The van der Waals surface area contributed by atoms with Gasteiger partial charge in [-0.25, -0.2) is 0 Å². The zero-order chi connectivity index (χ0) is 21.0. The summed E-state index contributed by atoms with van der Waals surface area (Å²) in [6.45, 7) is 0.676. The van der Waals surface area contributed by atoms with Crippen LogP contribution in [0.2, 0.25) is 0 Å². The van der Waals surface area contributed by atoms with Crippen LogP contribution in [0, 0.1) is 0 Å². The second-order valence-electron chi connectivity index (χ2n) is 8.86. The summed E-state index contributed by atoms with van der Waals surface area (Å²) in [5, 5.41) is 1.44. The van der Waals surface area contributed by atoms with E-state index in [1.54, 1.807) is 7.11 Å². The largest absolute Gasteiger partial charge is 0.380 e. The van der Waals surface area contributed by atoms with Crippen LogP contribution >= 0.6 is 0 Å². The molecule has 0 amide bonds. The first kappa shape index (κ1) is 20.1. The van der Waals surface area contributed by atoms with E-state index in [-0.39, 0.29) is 0 Å². The van der Waals surface area contributed by atoms with Crippen molar-refractivity contribution in [2.24, 2.45) is 0 Å². The van der Waals surface area contributed by atoms with Crippen LogP contribution in [0.4, 0.5) is 0 Å². The molecule has 0 aliphatic heterocycles. The minimum Gasteiger partial charge on any atom is -0.380 e. The van der Waals surface area contributed by atoms with Crippen LogP contribution < -0.4 is 0 Å². The Hall–Kier alpha value is -2.84. The molecule has 1 aromatic heterocycles. The molecule has 0 saturated carbocycles. The molecule has 31 heavy (non-hydrogen) atoms. The van der Waals surface area contributed by atoms with E-state index in [1.807, 2.05) is 0 Å². The van der Waals surface area contributed by atoms with E-state index in [0.29, 0.717) is 12.5 Å². The standard InChI is InChI=1S/C29H31NO/c1-31-20-23-13-16-24(17-14-23)25-11-6-12-26-27-19-22(15-18-28(27)30-29(25)26)10-5-9-21-7-3-2-4-8-21/h2-4,7-8,13-19,25,30H,5-6,9-12,20H2,1H3. The second-order valence-corrected chi connectivity index (χ2v) is 8.86. The maximum atomic E-state index is 5.27. The third-order valence-electron chi connectivity index (χ3n) is 6.74. The minimum absolute atomic E-state index is 0.467. The van der Waals surface area contributed by atoms with Crippen molar-refractivity contribution in [3.05, 3.63) is 106 Å². The minimum atomic E-state index is 0.467. The first-order valence-electron chi connectivity index (χ1n) is 11.6. The lowest BCUT2D eigenvalue weighted by Crippen LogP contribution is -2.10. The van der Waals surface area contributed by atoms with Gasteiger partial charge in [-0.15, -0.1) is 0 Å². The number of methoxy groups -OCH3 is 1. The number of nitrogens with one attached hydrogen (secondary N) is 1. The Kier molecular flexibility index (Phi) is 5.90. The van der Waals surface area contributed by atoms with E-state index < -0.39 is 0 Å². The SMILES string of the molecule is COCc1ccc(C2CCCc3c2[nH]c2ccc(CCCc4ccccc4)cc32)cc1. The highest BCUT2D eigenvalue weighted by atomic mass is 16.5. The molecule has 4 aromatic rings. The maximum Gasteiger partial charge on any atom is 0.0713 e. The molecule has 3 aromatic carbocycles. The lowest BCUT2D eigenvalue weighted by Gasteiger charge is -2.23. The Balaban J connectivity index is 1.37. The third kappa shape index (κ3) is 4.31. The van der Waals surface area contributed by atoms with Crippen LogP contribution in [0.25, 0.3) is 10.9 Å². The fraction of sp³-hybridized carbons (Fsp3) is 0.310. The first-order chi connectivity index (χ1) is 15.3. The molecular formula is C29H31NO. The summed E-state index contributed by atoms with van der Waals surface area (Å²) in [5.41, 5.74) is 9.80. The molecule has 0 bridgehead atoms. The van der Waals surface area contributed by atoms with Crippen molar-refractivity contribution >= 4 is 10.9 Å². The number of hydrogen-bond donors (Lipinski definition) is 1. The molecule has 158 valence electrons. The van der Waals surface area contributed by atoms with Crippen molar-refractivity contribution in [2.75, 3.05) is 7.11 Å². The predicted molar refractivity (Wildman–Crippen MR) is 129 cm³/mol. The van der Waals surface area contributed by atoms with E-state index >= 15 is 0 Å². The summed E-state index contributed by atoms with van der Waals surface area (Å²) in [4.78, 5) is 3.79. The fourth-order valence-corrected chi connectivity index (χ4v) is 5.15. The number of H-pyrrole nitrogens is 1. The highest BCUT2D eigenvalue weighted by Crippen LogP contribution is 2.40. The number of aromatic amines is 1. The first-order valence-corrected chi connectivity index (χ1v) is 11.6. The van der Waals surface area contributed by atoms with Crippen LogP contribution in [0.5, 0.6) is 0 Å². The van der Waals surface area contributed by atoms with Crippen molar-refractivity contribution < 1.29 is 4.74 Å². The van der Waals surface area contributed by atoms with Crippen LogP contribution in [0.1, 0.15) is 58.7 Å². The topological polar surface area (TPSA) is 25.0 Å². The predicted octanol–water partition coefficient (Wildman–Crippen LogP) is 6.96. The van der Waals surface area contributed by atoms with Gasteiger partial charge in [0.2, 0.25) is 0 Å². The maximum absolute atomic E-state index is 5.27. The Bertz CT molecular complexity index is 1140. The smallest absolute Gasteiger partial charge is 0.0713 e. The molecule has 2 nitrogen and oxygen atoms in total. The highest BCUT2D eigenvalue weighted by molar-refractivity contribution is 5.86. The molecule has 1 aliphatic carbocycles. The van der Waals surface area contributed by atoms with Gasteiger partial charge in [0.25, 0.3) is 0 Å². The normalized spacial score (nSPS) is 15.8. The summed E-state index contributed by atoms with van der Waals surface area (Å²) in [7, 11) is 1.75. The second kappa shape index (κ2) is 9.11. The van der Waals surface area contributed by atoms with Crippen LogP contribution in [0.15, 0.2) is 72.8 Å². The number of hydrogen-bond acceptors (Lipinski definition) is 1. The van der Waals surface area contributed by atoms with Crippen molar-refractivity contribution in [3.63, 3.8) is 0 Å². The summed E-state index contributed by atoms with van der Waals surface area (Å²) < 4.78 is 5.27. The van der Waals surface area contributed by atoms with Crippen molar-refractivity contribution in [3.8, 4) is 0 Å². The molecule has 0 radical (unpaired) electrons. The van der Waals surface area contributed by atoms with Gasteiger partial charge in [-0.3, -0.25) is 0 Å². The molecule has 0 saturated heterocycles. The Morgan fingerprint density at radius 2 is 1.65 bits per heavy atom. The van der Waals surface area contributed by atoms with Gasteiger partial charge in [0, 0.05) is 29.6 Å². The van der Waals surface area contributed by atoms with Gasteiger partial charge >= 0.3 is 0 Å². The molecule has 1 aliphatic rings. The lowest BCUT2D eigenvalue weighted by atomic mass is 9.82. The molecule has 0 fully saturated rings. The third-order valence-corrected chi connectivity index (χ3v) is 6.74. The molecule has 1 atom stereocenters. The average Bonchev–Trinajstić information content (AvgIpc) is 3.19. The van der Waals surface area contributed by atoms with Crippen molar-refractivity contribution in [1.82, 2.24) is 4.98 Å². The van der Waals surface area contributed by atoms with E-state index in [9.17, 15) is 0 Å². The van der Waals surface area contributed by atoms with E-state index in [1.165, 1.54) is 70.1 Å². The van der Waals surface area contributed by atoms with Gasteiger partial charge in [-0.2, -0.15) is 0 Å². The van der Waals surface area contributed by atoms with Gasteiger partial charge in [-0.1, -0.05) is 60.7 Å². The number of ether oxygens (including phenoxy) is 1. The number of rotatable bonds is 7. The number of benzene rings is 3. The molecular weight excluding hydrogens is 378 g/mol. The Morgan fingerprint density at radius 1 is 0.871 bits per heavy atom. The summed E-state index contributed by atoms with van der Waals surface area (Å²) in [6.07, 6.45) is 7.12. The quantitative estimate of drug-likeness (QED) is 0.351. The monoisotopic (exact) mass is 409 g/mol. The zero-order valence-corrected chi connectivity index (χ0v) is 18.4. The Labute approximate surface area is 185 Å². The van der Waals surface area contributed by atoms with Crippen LogP contribution in [-0.4, -0.2) is 12.1 Å². The highest BCUT2D eigenvalue weighted by Gasteiger charge is 2.25. The summed E-state index contributed by atoms with van der Waals surface area (Å²) in [6, 6.07) is 26.9. The van der Waals surface area contributed by atoms with Gasteiger partial charge in [0.1, 0.15) is 0 Å². The molecule has 0 spiro atoms. The zero-order valence-electron chi connectivity index (χ0n) is 18.4. The fourth-order valence-electron chi connectivity index (χ4n) is 5.15. The summed E-state index contributed by atoms with van der Waals surface area (Å²) in [5.74, 6) is 0.467. The summed E-state index contributed by atoms with van der Waals surface area (Å²) >= 11 is 0. The molecule has 5 rings (SSSR count).